The van der Waals surface area contributed by atoms with Crippen molar-refractivity contribution >= 4 is 16.4 Å². The number of aliphatic hydroxyl groups is 3. The SMILES string of the molecule is CCCCC/C=C\CCCCCCCCOCC(COC1OC(CO)C(O)C(OS(=O)(=O)O)C1O)OC(=O)CCCCCCCCCCCCCCC/C=C\CCCCCCCCCC. The Morgan fingerprint density at radius 1 is 0.569 bits per heavy atom. The van der Waals surface area contributed by atoms with Crippen LogP contribution < -0.4 is 0 Å². The van der Waals surface area contributed by atoms with E-state index in [0.29, 0.717) is 13.0 Å². The number of carbonyl (C=O) groups excluding carboxylic acids is 1. The monoisotopic (exact) mass is 947 g/mol. The fourth-order valence-corrected chi connectivity index (χ4v) is 8.76. The molecule has 65 heavy (non-hydrogen) atoms. The third-order valence-corrected chi connectivity index (χ3v) is 12.8. The average molecular weight is 947 g/mol. The Morgan fingerprint density at radius 2 is 0.969 bits per heavy atom. The molecule has 1 aliphatic heterocycles. The minimum absolute atomic E-state index is 0.0349. The van der Waals surface area contributed by atoms with Gasteiger partial charge < -0.3 is 34.3 Å². The van der Waals surface area contributed by atoms with Crippen LogP contribution in [0.15, 0.2) is 24.3 Å². The molecule has 1 fully saturated rings. The van der Waals surface area contributed by atoms with Crippen LogP contribution in [0.4, 0.5) is 0 Å². The van der Waals surface area contributed by atoms with Crippen LogP contribution in [-0.2, 0) is 38.3 Å². The van der Waals surface area contributed by atoms with E-state index >= 15 is 0 Å². The molecule has 13 heteroatoms. The Balaban J connectivity index is 2.28. The summed E-state index contributed by atoms with van der Waals surface area (Å²) in [4.78, 5) is 12.9. The number of unbranched alkanes of at least 4 members (excludes halogenated alkanes) is 30. The Hall–Kier alpha value is -1.42. The topological polar surface area (TPSA) is 178 Å². The van der Waals surface area contributed by atoms with E-state index in [1.165, 1.54) is 167 Å². The molecule has 1 saturated heterocycles. The minimum atomic E-state index is -5.06. The summed E-state index contributed by atoms with van der Waals surface area (Å²) in [5.41, 5.74) is 0. The van der Waals surface area contributed by atoms with Crippen LogP contribution in [0, 0.1) is 0 Å². The van der Waals surface area contributed by atoms with Gasteiger partial charge >= 0.3 is 16.4 Å². The number of hydrogen-bond acceptors (Lipinski definition) is 11. The number of rotatable bonds is 47. The number of allylic oxidation sites excluding steroid dienone is 4. The maximum absolute atomic E-state index is 12.9. The summed E-state index contributed by atoms with van der Waals surface area (Å²) in [6.45, 7) is 3.99. The number of esters is 1. The lowest BCUT2D eigenvalue weighted by Gasteiger charge is -2.41. The summed E-state index contributed by atoms with van der Waals surface area (Å²) in [6.07, 6.45) is 42.2. The van der Waals surface area contributed by atoms with E-state index in [1.807, 2.05) is 0 Å². The van der Waals surface area contributed by atoms with Gasteiger partial charge in [0.25, 0.3) is 0 Å². The van der Waals surface area contributed by atoms with Crippen LogP contribution in [0.25, 0.3) is 0 Å². The van der Waals surface area contributed by atoms with E-state index in [9.17, 15) is 33.1 Å². The zero-order chi connectivity index (χ0) is 47.5. The van der Waals surface area contributed by atoms with E-state index in [2.05, 4.69) is 42.3 Å². The van der Waals surface area contributed by atoms with Gasteiger partial charge in [0.05, 0.1) is 19.8 Å². The first-order valence-electron chi connectivity index (χ1n) is 26.6. The first kappa shape index (κ1) is 61.6. The Labute approximate surface area is 397 Å². The van der Waals surface area contributed by atoms with Crippen molar-refractivity contribution in [2.45, 2.75) is 275 Å². The maximum atomic E-state index is 12.9. The first-order valence-corrected chi connectivity index (χ1v) is 28.0. The molecule has 0 aromatic heterocycles. The van der Waals surface area contributed by atoms with Crippen molar-refractivity contribution in [1.82, 2.24) is 0 Å². The third-order valence-electron chi connectivity index (χ3n) is 12.3. The molecule has 1 aliphatic rings. The van der Waals surface area contributed by atoms with Crippen LogP contribution in [0.1, 0.15) is 239 Å². The number of ether oxygens (including phenoxy) is 4. The molecule has 6 unspecified atom stereocenters. The van der Waals surface area contributed by atoms with E-state index in [1.54, 1.807) is 0 Å². The minimum Gasteiger partial charge on any atom is -0.457 e. The van der Waals surface area contributed by atoms with Crippen molar-refractivity contribution in [3.05, 3.63) is 24.3 Å². The normalized spacial score (nSPS) is 19.8. The fraction of sp³-hybridized carbons (Fsp3) is 0.904. The lowest BCUT2D eigenvalue weighted by atomic mass is 9.99. The molecule has 12 nitrogen and oxygen atoms in total. The number of carbonyl (C=O) groups is 1. The van der Waals surface area contributed by atoms with E-state index in [4.69, 9.17) is 18.9 Å². The second kappa shape index (κ2) is 43.8. The Morgan fingerprint density at radius 3 is 1.42 bits per heavy atom. The third kappa shape index (κ3) is 37.2. The lowest BCUT2D eigenvalue weighted by molar-refractivity contribution is -0.301. The summed E-state index contributed by atoms with van der Waals surface area (Å²) >= 11 is 0. The van der Waals surface area contributed by atoms with E-state index in [0.717, 1.165) is 44.9 Å². The molecule has 0 aliphatic carbocycles. The highest BCUT2D eigenvalue weighted by Gasteiger charge is 2.48. The van der Waals surface area contributed by atoms with Crippen molar-refractivity contribution < 1.29 is 56.2 Å². The quantitative estimate of drug-likeness (QED) is 0.0197. The molecular formula is C52H98O12S. The van der Waals surface area contributed by atoms with Gasteiger partial charge in [-0.1, -0.05) is 192 Å². The van der Waals surface area contributed by atoms with Crippen molar-refractivity contribution in [1.29, 1.82) is 0 Å². The largest absolute Gasteiger partial charge is 0.457 e. The van der Waals surface area contributed by atoms with Gasteiger partial charge in [-0.25, -0.2) is 4.18 Å². The molecule has 4 N–H and O–H groups in total. The molecule has 0 aromatic rings. The van der Waals surface area contributed by atoms with Gasteiger partial charge in [-0.15, -0.1) is 0 Å². The second-order valence-electron chi connectivity index (χ2n) is 18.5. The molecule has 0 aromatic carbocycles. The van der Waals surface area contributed by atoms with Gasteiger partial charge in [0.2, 0.25) is 0 Å². The highest BCUT2D eigenvalue weighted by atomic mass is 32.3. The standard InChI is InChI=1S/C52H98O12S/c1-3-5-7-9-11-13-15-17-18-19-20-21-22-23-24-25-26-27-28-29-31-33-35-37-39-41-48(54)62-46(44-60-42-40-38-36-34-32-30-16-14-12-10-8-6-4-2)45-61-52-50(56)51(64-65(57,58)59)49(55)47(43-53)63-52/h12,14,19-20,46-47,49-53,55-56H,3-11,13,15-18,21-45H2,1-2H3,(H,57,58,59)/b14-12-,20-19-. The summed E-state index contributed by atoms with van der Waals surface area (Å²) < 4.78 is 59.2. The van der Waals surface area contributed by atoms with E-state index in [-0.39, 0.29) is 19.6 Å². The summed E-state index contributed by atoms with van der Waals surface area (Å²) in [5, 5.41) is 30.7. The van der Waals surface area contributed by atoms with Crippen molar-refractivity contribution in [2.24, 2.45) is 0 Å². The lowest BCUT2D eigenvalue weighted by Crippen LogP contribution is -2.60. The molecule has 0 amide bonds. The molecule has 1 heterocycles. The molecule has 6 atom stereocenters. The highest BCUT2D eigenvalue weighted by molar-refractivity contribution is 7.80. The molecule has 0 saturated carbocycles. The van der Waals surface area contributed by atoms with Crippen LogP contribution in [0.5, 0.6) is 0 Å². The predicted molar refractivity (Wildman–Crippen MR) is 262 cm³/mol. The van der Waals surface area contributed by atoms with Crippen molar-refractivity contribution in [2.75, 3.05) is 26.4 Å². The van der Waals surface area contributed by atoms with Crippen molar-refractivity contribution in [3.8, 4) is 0 Å². The van der Waals surface area contributed by atoms with Gasteiger partial charge in [-0.3, -0.25) is 9.35 Å². The van der Waals surface area contributed by atoms with Crippen LogP contribution in [0.2, 0.25) is 0 Å². The summed E-state index contributed by atoms with van der Waals surface area (Å²) in [7, 11) is -5.06. The highest BCUT2D eigenvalue weighted by Crippen LogP contribution is 2.26. The van der Waals surface area contributed by atoms with Gasteiger partial charge in [-0.05, 0) is 64.2 Å². The molecule has 0 bridgehead atoms. The zero-order valence-electron chi connectivity index (χ0n) is 41.3. The van der Waals surface area contributed by atoms with Crippen LogP contribution in [0.3, 0.4) is 0 Å². The second-order valence-corrected chi connectivity index (χ2v) is 19.5. The van der Waals surface area contributed by atoms with Crippen molar-refractivity contribution in [3.63, 3.8) is 0 Å². The van der Waals surface area contributed by atoms with E-state index < -0.39 is 59.8 Å². The molecule has 384 valence electrons. The van der Waals surface area contributed by atoms with Crippen LogP contribution in [-0.4, -0.2) is 97.5 Å². The molecule has 1 rings (SSSR count). The summed E-state index contributed by atoms with van der Waals surface area (Å²) in [6, 6.07) is 0. The van der Waals surface area contributed by atoms with Gasteiger partial charge in [-0.2, -0.15) is 8.42 Å². The Bertz CT molecular complexity index is 1230. The van der Waals surface area contributed by atoms with Crippen LogP contribution >= 0.6 is 0 Å². The Kier molecular flexibility index (Phi) is 41.5. The zero-order valence-corrected chi connectivity index (χ0v) is 42.1. The predicted octanol–water partition coefficient (Wildman–Crippen LogP) is 12.4. The van der Waals surface area contributed by atoms with Gasteiger partial charge in [0.1, 0.15) is 30.5 Å². The molecular weight excluding hydrogens is 849 g/mol. The average Bonchev–Trinajstić information content (AvgIpc) is 3.28. The smallest absolute Gasteiger partial charge is 0.397 e. The first-order chi connectivity index (χ1) is 31.6. The van der Waals surface area contributed by atoms with Gasteiger partial charge in [0, 0.05) is 13.0 Å². The summed E-state index contributed by atoms with van der Waals surface area (Å²) in [5.74, 6) is -0.398. The molecule has 0 radical (unpaired) electrons. The van der Waals surface area contributed by atoms with Gasteiger partial charge in [0.15, 0.2) is 6.29 Å². The number of hydrogen-bond donors (Lipinski definition) is 4. The fourth-order valence-electron chi connectivity index (χ4n) is 8.25. The number of aliphatic hydroxyl groups excluding tert-OH is 3. The maximum Gasteiger partial charge on any atom is 0.397 e. The molecule has 0 spiro atoms.